The zero-order chi connectivity index (χ0) is 26.5. The molecule has 1 aromatic carbocycles. The zero-order valence-corrected chi connectivity index (χ0v) is 20.5. The summed E-state index contributed by atoms with van der Waals surface area (Å²) in [6.45, 7) is 0.813. The molecule has 3 heterocycles. The molecule has 0 spiro atoms. The van der Waals surface area contributed by atoms with E-state index in [0.29, 0.717) is 19.5 Å². The number of rotatable bonds is 5. The monoisotopic (exact) mass is 535 g/mol. The molecule has 1 saturated carbocycles. The highest BCUT2D eigenvalue weighted by Gasteiger charge is 2.50. The number of aromatic nitrogens is 1. The molecular weight excluding hydrogens is 511 g/mol. The van der Waals surface area contributed by atoms with Crippen LogP contribution in [0.2, 0.25) is 5.02 Å². The number of nitrogens with one attached hydrogen (secondary N) is 3. The SMILES string of the molecule is N#CC(CC1CCNC1=O)NC(=O)C1C2CCCC2CN1C(=O)c1cc2c(Cl)ccc(C(F)(F)F)c2[nH]1. The van der Waals surface area contributed by atoms with E-state index in [1.165, 1.54) is 11.0 Å². The van der Waals surface area contributed by atoms with Crippen LogP contribution in [0.1, 0.15) is 48.2 Å². The van der Waals surface area contributed by atoms with Crippen molar-refractivity contribution >= 4 is 40.2 Å². The molecule has 2 aromatic rings. The number of carbonyl (C=O) groups excluding carboxylic acids is 3. The molecule has 3 amide bonds. The number of nitrogens with zero attached hydrogens (tertiary/aromatic N) is 2. The third kappa shape index (κ3) is 4.63. The van der Waals surface area contributed by atoms with Crippen molar-refractivity contribution in [3.63, 3.8) is 0 Å². The number of likely N-dealkylation sites (tertiary alicyclic amines) is 1. The van der Waals surface area contributed by atoms with Crippen molar-refractivity contribution < 1.29 is 27.6 Å². The number of aromatic amines is 1. The summed E-state index contributed by atoms with van der Waals surface area (Å²) in [5, 5.41) is 15.2. The third-order valence-electron chi connectivity index (χ3n) is 7.85. The number of hydrogen-bond donors (Lipinski definition) is 3. The van der Waals surface area contributed by atoms with Crippen molar-refractivity contribution in [3.05, 3.63) is 34.5 Å². The summed E-state index contributed by atoms with van der Waals surface area (Å²) >= 11 is 6.13. The van der Waals surface area contributed by atoms with E-state index in [0.717, 1.165) is 31.4 Å². The second-order valence-electron chi connectivity index (χ2n) is 10.0. The lowest BCUT2D eigenvalue weighted by Gasteiger charge is -2.28. The molecule has 3 fully saturated rings. The van der Waals surface area contributed by atoms with Gasteiger partial charge in [0.1, 0.15) is 17.8 Å². The first kappa shape index (κ1) is 25.4. The number of halogens is 4. The fourth-order valence-corrected chi connectivity index (χ4v) is 6.31. The Morgan fingerprint density at radius 3 is 2.73 bits per heavy atom. The van der Waals surface area contributed by atoms with Gasteiger partial charge in [0.25, 0.3) is 5.91 Å². The number of amides is 3. The number of alkyl halides is 3. The van der Waals surface area contributed by atoms with Crippen molar-refractivity contribution in [2.45, 2.75) is 50.4 Å². The Morgan fingerprint density at radius 2 is 2.05 bits per heavy atom. The van der Waals surface area contributed by atoms with Crippen molar-refractivity contribution in [1.29, 1.82) is 5.26 Å². The Kier molecular flexibility index (Phi) is 6.56. The maximum absolute atomic E-state index is 13.6. The molecule has 196 valence electrons. The number of H-pyrrole nitrogens is 1. The molecule has 1 aliphatic carbocycles. The molecule has 3 aliphatic rings. The minimum absolute atomic E-state index is 0.0682. The maximum Gasteiger partial charge on any atom is 0.418 e. The van der Waals surface area contributed by atoms with Gasteiger partial charge in [0, 0.05) is 29.4 Å². The van der Waals surface area contributed by atoms with Crippen molar-refractivity contribution in [2.24, 2.45) is 17.8 Å². The van der Waals surface area contributed by atoms with Gasteiger partial charge < -0.3 is 20.5 Å². The lowest BCUT2D eigenvalue weighted by Crippen LogP contribution is -2.51. The molecule has 1 aromatic heterocycles. The summed E-state index contributed by atoms with van der Waals surface area (Å²) in [5.74, 6) is -1.64. The Hall–Kier alpha value is -3.26. The normalized spacial score (nSPS) is 26.1. The average Bonchev–Trinajstić information content (AvgIpc) is 3.61. The van der Waals surface area contributed by atoms with Crippen molar-refractivity contribution in [3.8, 4) is 6.07 Å². The van der Waals surface area contributed by atoms with E-state index in [2.05, 4.69) is 15.6 Å². The first-order chi connectivity index (χ1) is 17.6. The first-order valence-electron chi connectivity index (χ1n) is 12.3. The van der Waals surface area contributed by atoms with Crippen molar-refractivity contribution in [1.82, 2.24) is 20.5 Å². The van der Waals surface area contributed by atoms with Crippen LogP contribution in [0.3, 0.4) is 0 Å². The predicted octanol–water partition coefficient (Wildman–Crippen LogP) is 3.62. The van der Waals surface area contributed by atoms with Gasteiger partial charge in [0.05, 0.1) is 17.1 Å². The van der Waals surface area contributed by atoms with Gasteiger partial charge in [-0.15, -0.1) is 0 Å². The summed E-state index contributed by atoms with van der Waals surface area (Å²) in [4.78, 5) is 42.9. The number of nitriles is 1. The molecule has 0 bridgehead atoms. The summed E-state index contributed by atoms with van der Waals surface area (Å²) < 4.78 is 40.6. The van der Waals surface area contributed by atoms with Crippen LogP contribution in [0.4, 0.5) is 13.2 Å². The van der Waals surface area contributed by atoms with E-state index in [-0.39, 0.29) is 51.7 Å². The largest absolute Gasteiger partial charge is 0.418 e. The van der Waals surface area contributed by atoms with Crippen LogP contribution in [0.25, 0.3) is 10.9 Å². The average molecular weight is 536 g/mol. The summed E-state index contributed by atoms with van der Waals surface area (Å²) in [6, 6.07) is 3.56. The van der Waals surface area contributed by atoms with Gasteiger partial charge in [-0.3, -0.25) is 14.4 Å². The lowest BCUT2D eigenvalue weighted by molar-refractivity contribution is -0.136. The fraction of sp³-hybridized carbons (Fsp3) is 0.520. The van der Waals surface area contributed by atoms with Crippen molar-refractivity contribution in [2.75, 3.05) is 13.1 Å². The van der Waals surface area contributed by atoms with E-state index >= 15 is 0 Å². The number of fused-ring (bicyclic) bond motifs is 2. The molecular formula is C25H25ClF3N5O3. The maximum atomic E-state index is 13.6. The van der Waals surface area contributed by atoms with Gasteiger partial charge in [0.15, 0.2) is 0 Å². The molecule has 3 N–H and O–H groups in total. The molecule has 12 heteroatoms. The van der Waals surface area contributed by atoms with Gasteiger partial charge in [0.2, 0.25) is 11.8 Å². The van der Waals surface area contributed by atoms with Crippen LogP contribution in [0, 0.1) is 29.1 Å². The van der Waals surface area contributed by atoms with Gasteiger partial charge in [-0.2, -0.15) is 18.4 Å². The molecule has 5 atom stereocenters. The minimum Gasteiger partial charge on any atom is -0.356 e. The van der Waals surface area contributed by atoms with E-state index < -0.39 is 35.6 Å². The third-order valence-corrected chi connectivity index (χ3v) is 8.18. The topological polar surface area (TPSA) is 118 Å². The Balaban J connectivity index is 1.41. The van der Waals surface area contributed by atoms with Crippen LogP contribution in [0.5, 0.6) is 0 Å². The van der Waals surface area contributed by atoms with E-state index in [1.807, 2.05) is 6.07 Å². The quantitative estimate of drug-likeness (QED) is 0.542. The van der Waals surface area contributed by atoms with Crippen LogP contribution in [-0.4, -0.2) is 52.8 Å². The van der Waals surface area contributed by atoms with Crippen LogP contribution < -0.4 is 10.6 Å². The highest BCUT2D eigenvalue weighted by molar-refractivity contribution is 6.35. The van der Waals surface area contributed by atoms with E-state index in [1.54, 1.807) is 0 Å². The molecule has 8 nitrogen and oxygen atoms in total. The molecule has 2 saturated heterocycles. The van der Waals surface area contributed by atoms with E-state index in [4.69, 9.17) is 11.6 Å². The van der Waals surface area contributed by atoms with Gasteiger partial charge in [-0.1, -0.05) is 18.0 Å². The second-order valence-corrected chi connectivity index (χ2v) is 10.4. The standard InChI is InChI=1S/C25H25ClF3N5O3/c26-18-5-4-17(25(27,28)29)20-16(18)9-19(33-20)24(37)34-11-13-2-1-3-15(13)21(34)23(36)32-14(10-30)8-12-6-7-31-22(12)35/h4-5,9,12-15,21,33H,1-3,6-8,11H2,(H,31,35)(H,32,36). The van der Waals surface area contributed by atoms with Gasteiger partial charge in [-0.25, -0.2) is 0 Å². The highest BCUT2D eigenvalue weighted by atomic mass is 35.5. The molecule has 37 heavy (non-hydrogen) atoms. The molecule has 5 unspecified atom stereocenters. The van der Waals surface area contributed by atoms with Crippen LogP contribution in [-0.2, 0) is 15.8 Å². The number of carbonyl (C=O) groups is 3. The Labute approximate surface area is 215 Å². The lowest BCUT2D eigenvalue weighted by atomic mass is 9.92. The van der Waals surface area contributed by atoms with Crippen LogP contribution in [0.15, 0.2) is 18.2 Å². The molecule has 2 aliphatic heterocycles. The zero-order valence-electron chi connectivity index (χ0n) is 19.7. The molecule has 0 radical (unpaired) electrons. The number of benzene rings is 1. The predicted molar refractivity (Wildman–Crippen MR) is 127 cm³/mol. The highest BCUT2D eigenvalue weighted by Crippen LogP contribution is 2.43. The van der Waals surface area contributed by atoms with E-state index in [9.17, 15) is 32.8 Å². The van der Waals surface area contributed by atoms with Gasteiger partial charge >= 0.3 is 6.18 Å². The Bertz CT molecular complexity index is 1300. The smallest absolute Gasteiger partial charge is 0.356 e. The minimum atomic E-state index is -4.65. The fourth-order valence-electron chi connectivity index (χ4n) is 6.10. The van der Waals surface area contributed by atoms with Crippen LogP contribution >= 0.6 is 11.6 Å². The number of hydrogen-bond acceptors (Lipinski definition) is 4. The summed E-state index contributed by atoms with van der Waals surface area (Å²) in [7, 11) is 0. The van der Waals surface area contributed by atoms with Gasteiger partial charge in [-0.05, 0) is 55.7 Å². The second kappa shape index (κ2) is 9.56. The summed E-state index contributed by atoms with van der Waals surface area (Å²) in [5.41, 5.74) is -1.32. The summed E-state index contributed by atoms with van der Waals surface area (Å²) in [6.07, 6.45) is -1.44. The molecule has 5 rings (SSSR count). The first-order valence-corrected chi connectivity index (χ1v) is 12.6. The Morgan fingerprint density at radius 1 is 1.27 bits per heavy atom.